The van der Waals surface area contributed by atoms with E-state index in [0.717, 1.165) is 22.6 Å². The Morgan fingerprint density at radius 3 is 2.62 bits per heavy atom. The molecule has 5 nitrogen and oxygen atoms in total. The molecule has 0 bridgehead atoms. The zero-order valence-electron chi connectivity index (χ0n) is 16.1. The van der Waals surface area contributed by atoms with Crippen molar-refractivity contribution in [3.05, 3.63) is 94.9 Å². The summed E-state index contributed by atoms with van der Waals surface area (Å²) >= 11 is 6.00. The lowest BCUT2D eigenvalue weighted by Gasteiger charge is -2.21. The molecule has 0 fully saturated rings. The van der Waals surface area contributed by atoms with Gasteiger partial charge < -0.3 is 9.73 Å². The van der Waals surface area contributed by atoms with E-state index in [1.165, 1.54) is 5.01 Å². The van der Waals surface area contributed by atoms with Crippen molar-refractivity contribution in [2.75, 3.05) is 6.54 Å². The van der Waals surface area contributed by atoms with E-state index in [1.807, 2.05) is 73.7 Å². The van der Waals surface area contributed by atoms with Crippen LogP contribution in [-0.4, -0.2) is 23.2 Å². The van der Waals surface area contributed by atoms with Crippen molar-refractivity contribution in [1.29, 1.82) is 0 Å². The van der Waals surface area contributed by atoms with Crippen LogP contribution in [-0.2, 0) is 4.79 Å². The molecule has 1 N–H and O–H groups in total. The smallest absolute Gasteiger partial charge is 0.257 e. The number of hydrogen-bond donors (Lipinski definition) is 1. The Morgan fingerprint density at radius 2 is 1.93 bits per heavy atom. The summed E-state index contributed by atoms with van der Waals surface area (Å²) in [4.78, 5) is 13.0. The van der Waals surface area contributed by atoms with Crippen molar-refractivity contribution in [1.82, 2.24) is 10.3 Å². The number of hydrazone groups is 1. The molecule has 29 heavy (non-hydrogen) atoms. The Hall–Kier alpha value is -2.89. The Balaban J connectivity index is 1.51. The van der Waals surface area contributed by atoms with Crippen molar-refractivity contribution in [2.24, 2.45) is 5.10 Å². The van der Waals surface area contributed by atoms with E-state index in [4.69, 9.17) is 16.0 Å². The lowest BCUT2D eigenvalue weighted by atomic mass is 10.0. The van der Waals surface area contributed by atoms with Gasteiger partial charge in [-0.05, 0) is 42.3 Å². The number of halogens is 1. The molecular formula is C23H22ClN3O2. The highest BCUT2D eigenvalue weighted by molar-refractivity contribution is 6.30. The minimum Gasteiger partial charge on any atom is -0.467 e. The van der Waals surface area contributed by atoms with Crippen LogP contribution < -0.4 is 5.32 Å². The van der Waals surface area contributed by atoms with Crippen LogP contribution in [0.3, 0.4) is 0 Å². The Bertz CT molecular complexity index is 985. The van der Waals surface area contributed by atoms with Gasteiger partial charge >= 0.3 is 0 Å². The number of hydrogen-bond acceptors (Lipinski definition) is 4. The predicted octanol–water partition coefficient (Wildman–Crippen LogP) is 4.96. The SMILES string of the molecule is C[C@H](NCC(=O)N1N=C(c2ccc(Cl)cc2)C[C@H]1c1ccco1)c1ccccc1. The number of amides is 1. The maximum atomic E-state index is 13.0. The average molecular weight is 408 g/mol. The van der Waals surface area contributed by atoms with Gasteiger partial charge in [-0.2, -0.15) is 5.10 Å². The minimum atomic E-state index is -0.253. The van der Waals surface area contributed by atoms with Crippen molar-refractivity contribution in [2.45, 2.75) is 25.4 Å². The van der Waals surface area contributed by atoms with Crippen LogP contribution in [0.4, 0.5) is 0 Å². The zero-order chi connectivity index (χ0) is 20.2. The fourth-order valence-corrected chi connectivity index (χ4v) is 3.57. The first kappa shape index (κ1) is 19.4. The van der Waals surface area contributed by atoms with Crippen LogP contribution in [0.25, 0.3) is 0 Å². The monoisotopic (exact) mass is 407 g/mol. The third-order valence-corrected chi connectivity index (χ3v) is 5.33. The molecule has 3 aromatic rings. The molecule has 6 heteroatoms. The molecule has 2 heterocycles. The topological polar surface area (TPSA) is 57.8 Å². The summed E-state index contributed by atoms with van der Waals surface area (Å²) in [5.41, 5.74) is 2.93. The Labute approximate surface area is 175 Å². The van der Waals surface area contributed by atoms with Gasteiger partial charge in [-0.3, -0.25) is 4.79 Å². The van der Waals surface area contributed by atoms with Crippen LogP contribution in [0, 0.1) is 0 Å². The molecule has 1 aliphatic rings. The van der Waals surface area contributed by atoms with Gasteiger partial charge in [0.2, 0.25) is 0 Å². The number of carbonyl (C=O) groups is 1. The fourth-order valence-electron chi connectivity index (χ4n) is 3.44. The standard InChI is InChI=1S/C23H22ClN3O2/c1-16(17-6-3-2-4-7-17)25-15-23(28)27-21(22-8-5-13-29-22)14-20(26-27)18-9-11-19(24)12-10-18/h2-13,16,21,25H,14-15H2,1H3/t16-,21-/m0/s1. The molecule has 1 amide bonds. The number of nitrogens with zero attached hydrogens (tertiary/aromatic N) is 2. The quantitative estimate of drug-likeness (QED) is 0.628. The van der Waals surface area contributed by atoms with E-state index in [1.54, 1.807) is 6.26 Å². The third-order valence-electron chi connectivity index (χ3n) is 5.07. The molecule has 1 aromatic heterocycles. The highest BCUT2D eigenvalue weighted by atomic mass is 35.5. The molecule has 0 saturated heterocycles. The fraction of sp³-hybridized carbons (Fsp3) is 0.217. The molecule has 0 radical (unpaired) electrons. The van der Waals surface area contributed by atoms with Crippen LogP contribution >= 0.6 is 11.6 Å². The van der Waals surface area contributed by atoms with E-state index in [2.05, 4.69) is 10.4 Å². The van der Waals surface area contributed by atoms with Gasteiger partial charge in [-0.15, -0.1) is 0 Å². The second-order valence-corrected chi connectivity index (χ2v) is 7.48. The Morgan fingerprint density at radius 1 is 1.17 bits per heavy atom. The van der Waals surface area contributed by atoms with Gasteiger partial charge in [-0.1, -0.05) is 54.1 Å². The van der Waals surface area contributed by atoms with E-state index >= 15 is 0 Å². The minimum absolute atomic E-state index is 0.0598. The van der Waals surface area contributed by atoms with Crippen molar-refractivity contribution < 1.29 is 9.21 Å². The summed E-state index contributed by atoms with van der Waals surface area (Å²) in [7, 11) is 0. The van der Waals surface area contributed by atoms with Crippen LogP contribution in [0.5, 0.6) is 0 Å². The molecular weight excluding hydrogens is 386 g/mol. The van der Waals surface area contributed by atoms with Crippen LogP contribution in [0.15, 0.2) is 82.5 Å². The third kappa shape index (κ3) is 4.42. The largest absolute Gasteiger partial charge is 0.467 e. The van der Waals surface area contributed by atoms with Crippen molar-refractivity contribution >= 4 is 23.2 Å². The molecule has 2 atom stereocenters. The van der Waals surface area contributed by atoms with Gasteiger partial charge in [-0.25, -0.2) is 5.01 Å². The predicted molar refractivity (Wildman–Crippen MR) is 114 cm³/mol. The molecule has 2 aromatic carbocycles. The lowest BCUT2D eigenvalue weighted by molar-refractivity contribution is -0.132. The van der Waals surface area contributed by atoms with Crippen molar-refractivity contribution in [3.63, 3.8) is 0 Å². The summed E-state index contributed by atoms with van der Waals surface area (Å²) in [5, 5.41) is 10.1. The molecule has 0 spiro atoms. The first-order valence-electron chi connectivity index (χ1n) is 9.59. The van der Waals surface area contributed by atoms with Gasteiger partial charge in [0.25, 0.3) is 5.91 Å². The molecule has 0 aliphatic carbocycles. The van der Waals surface area contributed by atoms with E-state index in [0.29, 0.717) is 11.4 Å². The summed E-state index contributed by atoms with van der Waals surface area (Å²) < 4.78 is 5.59. The number of benzene rings is 2. The summed E-state index contributed by atoms with van der Waals surface area (Å²) in [6.45, 7) is 2.23. The van der Waals surface area contributed by atoms with Gasteiger partial charge in [0, 0.05) is 17.5 Å². The van der Waals surface area contributed by atoms with E-state index in [9.17, 15) is 4.79 Å². The normalized spacial score (nSPS) is 17.2. The number of furan rings is 1. The average Bonchev–Trinajstić information content (AvgIpc) is 3.43. The lowest BCUT2D eigenvalue weighted by Crippen LogP contribution is -2.36. The second-order valence-electron chi connectivity index (χ2n) is 7.04. The highest BCUT2D eigenvalue weighted by Gasteiger charge is 2.34. The second kappa shape index (κ2) is 8.64. The summed E-state index contributed by atoms with van der Waals surface area (Å²) in [5.74, 6) is 0.625. The van der Waals surface area contributed by atoms with E-state index < -0.39 is 0 Å². The molecule has 0 saturated carbocycles. The number of carbonyl (C=O) groups excluding carboxylic acids is 1. The van der Waals surface area contributed by atoms with E-state index in [-0.39, 0.29) is 24.5 Å². The number of rotatable bonds is 6. The van der Waals surface area contributed by atoms with Crippen LogP contribution in [0.2, 0.25) is 5.02 Å². The van der Waals surface area contributed by atoms with Gasteiger partial charge in [0.1, 0.15) is 11.8 Å². The zero-order valence-corrected chi connectivity index (χ0v) is 16.8. The summed E-state index contributed by atoms with van der Waals surface area (Å²) in [6, 6.07) is 21.1. The molecule has 148 valence electrons. The first-order chi connectivity index (χ1) is 14.1. The maximum Gasteiger partial charge on any atom is 0.257 e. The molecule has 0 unspecified atom stereocenters. The van der Waals surface area contributed by atoms with Crippen molar-refractivity contribution in [3.8, 4) is 0 Å². The maximum absolute atomic E-state index is 13.0. The first-order valence-corrected chi connectivity index (χ1v) is 9.97. The molecule has 1 aliphatic heterocycles. The van der Waals surface area contributed by atoms with Crippen LogP contribution in [0.1, 0.15) is 42.3 Å². The molecule has 4 rings (SSSR count). The summed E-state index contributed by atoms with van der Waals surface area (Å²) in [6.07, 6.45) is 2.21. The van der Waals surface area contributed by atoms with Gasteiger partial charge in [0.05, 0.1) is 18.5 Å². The number of nitrogens with one attached hydrogen (secondary N) is 1. The highest BCUT2D eigenvalue weighted by Crippen LogP contribution is 2.33. The Kier molecular flexibility index (Phi) is 5.79. The van der Waals surface area contributed by atoms with Gasteiger partial charge in [0.15, 0.2) is 0 Å².